The molecule has 0 aliphatic heterocycles. The highest BCUT2D eigenvalue weighted by Gasteiger charge is 2.07. The van der Waals surface area contributed by atoms with Crippen LogP contribution in [0.4, 0.5) is 11.4 Å². The quantitative estimate of drug-likeness (QED) is 0.455. The number of anilines is 1. The van der Waals surface area contributed by atoms with Gasteiger partial charge in [0.25, 0.3) is 5.69 Å². The molecule has 0 saturated heterocycles. The molecule has 0 spiro atoms. The number of hydrogen-bond acceptors (Lipinski definition) is 6. The number of non-ortho nitro benzene ring substituents is 1. The van der Waals surface area contributed by atoms with E-state index in [1.54, 1.807) is 19.1 Å². The summed E-state index contributed by atoms with van der Waals surface area (Å²) < 4.78 is 0. The SMILES string of the molecule is C/C(=N\Nc1cccc([N+](=O)[O-])c1)c1ccc(O)cc1O. The van der Waals surface area contributed by atoms with Gasteiger partial charge in [-0.25, -0.2) is 0 Å². The van der Waals surface area contributed by atoms with Crippen LogP contribution in [0.25, 0.3) is 0 Å². The van der Waals surface area contributed by atoms with Gasteiger partial charge in [0.2, 0.25) is 0 Å². The Labute approximate surface area is 120 Å². The van der Waals surface area contributed by atoms with Crippen LogP contribution in [-0.2, 0) is 0 Å². The number of benzene rings is 2. The van der Waals surface area contributed by atoms with Crippen molar-refractivity contribution in [3.8, 4) is 11.5 Å². The molecule has 0 fully saturated rings. The van der Waals surface area contributed by atoms with Gasteiger partial charge in [0.05, 0.1) is 16.3 Å². The summed E-state index contributed by atoms with van der Waals surface area (Å²) in [4.78, 5) is 10.2. The minimum absolute atomic E-state index is 0.0414. The van der Waals surface area contributed by atoms with E-state index in [0.717, 1.165) is 0 Å². The Morgan fingerprint density at radius 1 is 1.24 bits per heavy atom. The van der Waals surface area contributed by atoms with Gasteiger partial charge < -0.3 is 10.2 Å². The lowest BCUT2D eigenvalue weighted by atomic mass is 10.1. The molecule has 0 aromatic heterocycles. The molecule has 0 bridgehead atoms. The number of aromatic hydroxyl groups is 2. The normalized spacial score (nSPS) is 11.2. The zero-order valence-corrected chi connectivity index (χ0v) is 11.1. The number of nitrogens with zero attached hydrogens (tertiary/aromatic N) is 2. The third kappa shape index (κ3) is 3.47. The van der Waals surface area contributed by atoms with Crippen LogP contribution in [0.3, 0.4) is 0 Å². The molecule has 2 rings (SSSR count). The van der Waals surface area contributed by atoms with Crippen molar-refractivity contribution >= 4 is 17.1 Å². The Hall–Kier alpha value is -3.09. The minimum Gasteiger partial charge on any atom is -0.508 e. The number of phenolic OH excluding ortho intramolecular Hbond substituents is 2. The Morgan fingerprint density at radius 2 is 2.00 bits per heavy atom. The smallest absolute Gasteiger partial charge is 0.271 e. The monoisotopic (exact) mass is 287 g/mol. The topological polar surface area (TPSA) is 108 Å². The van der Waals surface area contributed by atoms with Gasteiger partial charge >= 0.3 is 0 Å². The van der Waals surface area contributed by atoms with E-state index in [0.29, 0.717) is 17.0 Å². The first-order valence-corrected chi connectivity index (χ1v) is 6.04. The molecule has 3 N–H and O–H groups in total. The lowest BCUT2D eigenvalue weighted by Crippen LogP contribution is -2.00. The van der Waals surface area contributed by atoms with Crippen LogP contribution in [0.2, 0.25) is 0 Å². The molecule has 0 heterocycles. The van der Waals surface area contributed by atoms with E-state index in [-0.39, 0.29) is 17.2 Å². The summed E-state index contributed by atoms with van der Waals surface area (Å²) in [6.45, 7) is 1.66. The average Bonchev–Trinajstić information content (AvgIpc) is 2.45. The summed E-state index contributed by atoms with van der Waals surface area (Å²) in [6, 6.07) is 10.1. The molecule has 2 aromatic rings. The van der Waals surface area contributed by atoms with Crippen LogP contribution in [-0.4, -0.2) is 20.8 Å². The molecular formula is C14H13N3O4. The first-order chi connectivity index (χ1) is 9.97. The van der Waals surface area contributed by atoms with Crippen molar-refractivity contribution in [2.75, 3.05) is 5.43 Å². The van der Waals surface area contributed by atoms with Gasteiger partial charge in [-0.2, -0.15) is 5.10 Å². The van der Waals surface area contributed by atoms with E-state index in [1.165, 1.54) is 30.3 Å². The van der Waals surface area contributed by atoms with Gasteiger partial charge in [-0.1, -0.05) is 6.07 Å². The van der Waals surface area contributed by atoms with Crippen LogP contribution >= 0.6 is 0 Å². The summed E-state index contributed by atoms with van der Waals surface area (Å²) in [7, 11) is 0. The van der Waals surface area contributed by atoms with E-state index in [4.69, 9.17) is 0 Å². The van der Waals surface area contributed by atoms with E-state index in [1.807, 2.05) is 0 Å². The fraction of sp³-hybridized carbons (Fsp3) is 0.0714. The van der Waals surface area contributed by atoms with Gasteiger partial charge in [0, 0.05) is 23.8 Å². The predicted molar refractivity (Wildman–Crippen MR) is 78.7 cm³/mol. The number of rotatable bonds is 4. The number of nitro benzene ring substituents is 1. The summed E-state index contributed by atoms with van der Waals surface area (Å²) in [5.74, 6) is -0.146. The summed E-state index contributed by atoms with van der Waals surface area (Å²) in [5, 5.41) is 33.7. The molecule has 0 atom stereocenters. The van der Waals surface area contributed by atoms with Gasteiger partial charge in [-0.3, -0.25) is 15.5 Å². The van der Waals surface area contributed by atoms with Crippen molar-refractivity contribution in [1.29, 1.82) is 0 Å². The van der Waals surface area contributed by atoms with Crippen molar-refractivity contribution in [2.45, 2.75) is 6.92 Å². The summed E-state index contributed by atoms with van der Waals surface area (Å²) >= 11 is 0. The lowest BCUT2D eigenvalue weighted by Gasteiger charge is -2.06. The number of phenols is 2. The molecule has 0 amide bonds. The van der Waals surface area contributed by atoms with Crippen molar-refractivity contribution in [1.82, 2.24) is 0 Å². The van der Waals surface area contributed by atoms with Crippen LogP contribution in [0.5, 0.6) is 11.5 Å². The molecule has 0 saturated carbocycles. The largest absolute Gasteiger partial charge is 0.508 e. The van der Waals surface area contributed by atoms with Crippen LogP contribution < -0.4 is 5.43 Å². The molecule has 7 heteroatoms. The van der Waals surface area contributed by atoms with Gasteiger partial charge in [-0.05, 0) is 25.1 Å². The van der Waals surface area contributed by atoms with Gasteiger partial charge in [0.1, 0.15) is 11.5 Å². The number of nitrogens with one attached hydrogen (secondary N) is 1. The maximum atomic E-state index is 10.7. The molecule has 7 nitrogen and oxygen atoms in total. The van der Waals surface area contributed by atoms with E-state index in [9.17, 15) is 20.3 Å². The highest BCUT2D eigenvalue weighted by Crippen LogP contribution is 2.23. The highest BCUT2D eigenvalue weighted by molar-refractivity contribution is 6.01. The zero-order chi connectivity index (χ0) is 15.4. The number of hydrazone groups is 1. The second-order valence-electron chi connectivity index (χ2n) is 4.32. The van der Waals surface area contributed by atoms with Crippen molar-refractivity contribution in [2.24, 2.45) is 5.10 Å². The summed E-state index contributed by atoms with van der Waals surface area (Å²) in [6.07, 6.45) is 0. The third-order valence-electron chi connectivity index (χ3n) is 2.78. The first kappa shape index (κ1) is 14.3. The van der Waals surface area contributed by atoms with Crippen LogP contribution in [0.1, 0.15) is 12.5 Å². The van der Waals surface area contributed by atoms with E-state index >= 15 is 0 Å². The van der Waals surface area contributed by atoms with E-state index < -0.39 is 4.92 Å². The molecule has 0 aliphatic carbocycles. The maximum Gasteiger partial charge on any atom is 0.271 e. The fourth-order valence-corrected chi connectivity index (χ4v) is 1.72. The predicted octanol–water partition coefficient (Wildman–Crippen LogP) is 2.84. The van der Waals surface area contributed by atoms with E-state index in [2.05, 4.69) is 10.5 Å². The Bertz CT molecular complexity index is 713. The fourth-order valence-electron chi connectivity index (χ4n) is 1.72. The van der Waals surface area contributed by atoms with Gasteiger partial charge in [-0.15, -0.1) is 0 Å². The Morgan fingerprint density at radius 3 is 2.67 bits per heavy atom. The van der Waals surface area contributed by atoms with Gasteiger partial charge in [0.15, 0.2) is 0 Å². The highest BCUT2D eigenvalue weighted by atomic mass is 16.6. The minimum atomic E-state index is -0.493. The zero-order valence-electron chi connectivity index (χ0n) is 11.1. The molecule has 2 aromatic carbocycles. The first-order valence-electron chi connectivity index (χ1n) is 6.04. The Kier molecular flexibility index (Phi) is 4.03. The third-order valence-corrected chi connectivity index (χ3v) is 2.78. The molecule has 0 radical (unpaired) electrons. The van der Waals surface area contributed by atoms with Crippen molar-refractivity contribution in [3.05, 3.63) is 58.1 Å². The second kappa shape index (κ2) is 5.91. The molecule has 0 unspecified atom stereocenters. The molecule has 21 heavy (non-hydrogen) atoms. The molecular weight excluding hydrogens is 274 g/mol. The standard InChI is InChI=1S/C14H13N3O4/c1-9(13-6-5-12(18)8-14(13)19)15-16-10-3-2-4-11(7-10)17(20)21/h2-8,16,18-19H,1H3/b15-9+. The van der Waals surface area contributed by atoms with Crippen LogP contribution in [0.15, 0.2) is 47.6 Å². The van der Waals surface area contributed by atoms with Crippen molar-refractivity contribution in [3.63, 3.8) is 0 Å². The average molecular weight is 287 g/mol. The lowest BCUT2D eigenvalue weighted by molar-refractivity contribution is -0.384. The maximum absolute atomic E-state index is 10.7. The van der Waals surface area contributed by atoms with Crippen molar-refractivity contribution < 1.29 is 15.1 Å². The molecule has 0 aliphatic rings. The number of hydrogen-bond donors (Lipinski definition) is 3. The Balaban J connectivity index is 2.20. The van der Waals surface area contributed by atoms with Crippen LogP contribution in [0, 0.1) is 10.1 Å². The number of nitro groups is 1. The summed E-state index contributed by atoms with van der Waals surface area (Å²) in [5.41, 5.74) is 4.03. The molecule has 108 valence electrons. The second-order valence-corrected chi connectivity index (χ2v) is 4.32.